The van der Waals surface area contributed by atoms with E-state index in [0.29, 0.717) is 24.4 Å². The zero-order chi connectivity index (χ0) is 18.9. The van der Waals surface area contributed by atoms with Crippen LogP contribution in [0.2, 0.25) is 5.02 Å². The van der Waals surface area contributed by atoms with E-state index >= 15 is 0 Å². The predicted molar refractivity (Wildman–Crippen MR) is 107 cm³/mol. The van der Waals surface area contributed by atoms with Crippen LogP contribution >= 0.6 is 22.9 Å². The Morgan fingerprint density at radius 2 is 2.30 bits per heavy atom. The van der Waals surface area contributed by atoms with Crippen molar-refractivity contribution in [2.24, 2.45) is 5.41 Å². The molecular weight excluding hydrogens is 382 g/mol. The van der Waals surface area contributed by atoms with Gasteiger partial charge in [-0.2, -0.15) is 0 Å². The molecule has 3 heterocycles. The largest absolute Gasteiger partial charge is 0.396 e. The highest BCUT2D eigenvalue weighted by Gasteiger charge is 2.37. The molecule has 0 aliphatic carbocycles. The van der Waals surface area contributed by atoms with Gasteiger partial charge < -0.3 is 10.0 Å². The van der Waals surface area contributed by atoms with Gasteiger partial charge >= 0.3 is 0 Å². The van der Waals surface area contributed by atoms with Gasteiger partial charge in [0.25, 0.3) is 0 Å². The van der Waals surface area contributed by atoms with Crippen LogP contribution in [0.4, 0.5) is 0 Å². The lowest BCUT2D eigenvalue weighted by Gasteiger charge is -2.42. The fourth-order valence-electron chi connectivity index (χ4n) is 3.96. The molecule has 1 atom stereocenters. The Labute approximate surface area is 167 Å². The van der Waals surface area contributed by atoms with Gasteiger partial charge in [0, 0.05) is 41.3 Å². The van der Waals surface area contributed by atoms with Crippen LogP contribution in [0.1, 0.15) is 24.1 Å². The topological polar surface area (TPSA) is 57.8 Å². The van der Waals surface area contributed by atoms with Gasteiger partial charge in [0.15, 0.2) is 4.96 Å². The number of carbonyl (C=O) groups excluding carboxylic acids is 1. The highest BCUT2D eigenvalue weighted by atomic mass is 35.5. The average molecular weight is 404 g/mol. The summed E-state index contributed by atoms with van der Waals surface area (Å²) in [6.45, 7) is 1.36. The van der Waals surface area contributed by atoms with Crippen LogP contribution in [0.15, 0.2) is 42.0 Å². The molecule has 1 fully saturated rings. The fraction of sp³-hybridized carbons (Fsp3) is 0.400. The van der Waals surface area contributed by atoms with E-state index in [2.05, 4.69) is 4.98 Å². The minimum atomic E-state index is -0.312. The zero-order valence-corrected chi connectivity index (χ0v) is 16.5. The smallest absolute Gasteiger partial charge is 0.228 e. The van der Waals surface area contributed by atoms with Crippen molar-refractivity contribution in [1.29, 1.82) is 0 Å². The molecule has 0 saturated carbocycles. The number of imidazole rings is 1. The number of fused-ring (bicyclic) bond motifs is 1. The van der Waals surface area contributed by atoms with Crippen LogP contribution in [-0.2, 0) is 17.6 Å². The normalized spacial score (nSPS) is 20.3. The molecule has 1 aliphatic heterocycles. The van der Waals surface area contributed by atoms with Gasteiger partial charge in [0.1, 0.15) is 0 Å². The van der Waals surface area contributed by atoms with Crippen molar-refractivity contribution >= 4 is 33.8 Å². The minimum absolute atomic E-state index is 0.0590. The maximum atomic E-state index is 12.9. The number of halogens is 1. The molecule has 1 saturated heterocycles. The van der Waals surface area contributed by atoms with E-state index < -0.39 is 0 Å². The molecule has 2 aromatic heterocycles. The molecule has 0 bridgehead atoms. The van der Waals surface area contributed by atoms with E-state index in [4.69, 9.17) is 11.6 Å². The summed E-state index contributed by atoms with van der Waals surface area (Å²) in [7, 11) is 0. The molecule has 0 unspecified atom stereocenters. The predicted octanol–water partition coefficient (Wildman–Crippen LogP) is 3.44. The average Bonchev–Trinajstić information content (AvgIpc) is 3.23. The molecule has 5 nitrogen and oxygen atoms in total. The highest BCUT2D eigenvalue weighted by Crippen LogP contribution is 2.34. The summed E-state index contributed by atoms with van der Waals surface area (Å²) in [6.07, 6.45) is 6.68. The molecule has 7 heteroatoms. The Hall–Kier alpha value is -1.89. The monoisotopic (exact) mass is 403 g/mol. The Bertz CT molecular complexity index is 925. The number of amides is 1. The van der Waals surface area contributed by atoms with Crippen molar-refractivity contribution in [2.45, 2.75) is 25.7 Å². The van der Waals surface area contributed by atoms with Gasteiger partial charge in [-0.05, 0) is 37.0 Å². The summed E-state index contributed by atoms with van der Waals surface area (Å²) in [5, 5.41) is 12.8. The number of carbonyl (C=O) groups is 1. The first-order chi connectivity index (χ1) is 13.1. The number of aliphatic hydroxyl groups is 1. The third kappa shape index (κ3) is 4.03. The second kappa shape index (κ2) is 7.62. The van der Waals surface area contributed by atoms with Crippen LogP contribution in [-0.4, -0.2) is 45.0 Å². The van der Waals surface area contributed by atoms with E-state index in [0.717, 1.165) is 35.6 Å². The van der Waals surface area contributed by atoms with Gasteiger partial charge in [-0.3, -0.25) is 9.20 Å². The van der Waals surface area contributed by atoms with Crippen LogP contribution < -0.4 is 0 Å². The summed E-state index contributed by atoms with van der Waals surface area (Å²) in [5.41, 5.74) is 1.58. The fourth-order valence-corrected chi connectivity index (χ4v) is 4.89. The quantitative estimate of drug-likeness (QED) is 0.710. The first-order valence-electron chi connectivity index (χ1n) is 9.11. The number of likely N-dealkylation sites (tertiary alicyclic amines) is 1. The van der Waals surface area contributed by atoms with Gasteiger partial charge in [-0.1, -0.05) is 23.7 Å². The molecule has 0 radical (unpaired) electrons. The van der Waals surface area contributed by atoms with Crippen molar-refractivity contribution in [3.8, 4) is 0 Å². The molecule has 1 aliphatic rings. The molecule has 0 spiro atoms. The number of aromatic nitrogens is 2. The molecular formula is C20H22ClN3O2S. The van der Waals surface area contributed by atoms with E-state index in [9.17, 15) is 9.90 Å². The third-order valence-corrected chi connectivity index (χ3v) is 6.30. The molecule has 4 rings (SSSR count). The lowest BCUT2D eigenvalue weighted by molar-refractivity contribution is -0.134. The first kappa shape index (κ1) is 18.5. The number of thiazole rings is 1. The highest BCUT2D eigenvalue weighted by molar-refractivity contribution is 7.15. The molecule has 1 aromatic carbocycles. The molecule has 1 N–H and O–H groups in total. The molecule has 3 aromatic rings. The van der Waals surface area contributed by atoms with Crippen molar-refractivity contribution in [1.82, 2.24) is 14.3 Å². The second-order valence-corrected chi connectivity index (χ2v) is 8.69. The summed E-state index contributed by atoms with van der Waals surface area (Å²) in [5.74, 6) is 0.0735. The van der Waals surface area contributed by atoms with Crippen molar-refractivity contribution in [2.75, 3.05) is 19.7 Å². The number of hydrogen-bond donors (Lipinski definition) is 1. The van der Waals surface area contributed by atoms with Crippen LogP contribution in [0.5, 0.6) is 0 Å². The first-order valence-corrected chi connectivity index (χ1v) is 10.4. The number of benzene rings is 1. The summed E-state index contributed by atoms with van der Waals surface area (Å²) >= 11 is 7.67. The van der Waals surface area contributed by atoms with Gasteiger partial charge in [-0.25, -0.2) is 4.98 Å². The maximum absolute atomic E-state index is 12.9. The molecule has 1 amide bonds. The maximum Gasteiger partial charge on any atom is 0.228 e. The van der Waals surface area contributed by atoms with Crippen LogP contribution in [0.25, 0.3) is 4.96 Å². The number of rotatable bonds is 5. The van der Waals surface area contributed by atoms with E-state index in [-0.39, 0.29) is 17.9 Å². The SMILES string of the molecule is O=C(Cc1cn2ccsc2n1)N1CCC[C@@](CO)(Cc2cccc(Cl)c2)C1. The minimum Gasteiger partial charge on any atom is -0.396 e. The summed E-state index contributed by atoms with van der Waals surface area (Å²) in [4.78, 5) is 20.2. The van der Waals surface area contributed by atoms with Crippen LogP contribution in [0, 0.1) is 5.41 Å². The summed E-state index contributed by atoms with van der Waals surface area (Å²) < 4.78 is 1.95. The van der Waals surface area contributed by atoms with Crippen molar-refractivity contribution in [3.63, 3.8) is 0 Å². The number of hydrogen-bond acceptors (Lipinski definition) is 4. The van der Waals surface area contributed by atoms with Crippen molar-refractivity contribution in [3.05, 3.63) is 58.3 Å². The standard InChI is InChI=1S/C20H22ClN3O2S/c21-16-4-1-3-15(9-16)11-20(14-25)5-2-6-24(13-20)18(26)10-17-12-23-7-8-27-19(23)22-17/h1,3-4,7-9,12,25H,2,5-6,10-11,13-14H2/t20-/m1/s1. The number of piperidine rings is 1. The van der Waals surface area contributed by atoms with Gasteiger partial charge in [0.2, 0.25) is 5.91 Å². The Morgan fingerprint density at radius 1 is 1.41 bits per heavy atom. The van der Waals surface area contributed by atoms with Crippen molar-refractivity contribution < 1.29 is 9.90 Å². The summed E-state index contributed by atoms with van der Waals surface area (Å²) in [6, 6.07) is 7.75. The van der Waals surface area contributed by atoms with Gasteiger partial charge in [0.05, 0.1) is 18.7 Å². The van der Waals surface area contributed by atoms with Crippen LogP contribution in [0.3, 0.4) is 0 Å². The van der Waals surface area contributed by atoms with E-state index in [1.165, 1.54) is 0 Å². The third-order valence-electron chi connectivity index (χ3n) is 5.29. The Kier molecular flexibility index (Phi) is 5.21. The van der Waals surface area contributed by atoms with E-state index in [1.54, 1.807) is 11.3 Å². The zero-order valence-electron chi connectivity index (χ0n) is 15.0. The number of aliphatic hydroxyl groups excluding tert-OH is 1. The Balaban J connectivity index is 1.46. The molecule has 27 heavy (non-hydrogen) atoms. The second-order valence-electron chi connectivity index (χ2n) is 7.39. The van der Waals surface area contributed by atoms with Gasteiger partial charge in [-0.15, -0.1) is 11.3 Å². The molecule has 142 valence electrons. The lowest BCUT2D eigenvalue weighted by Crippen LogP contribution is -2.49. The Morgan fingerprint density at radius 3 is 3.07 bits per heavy atom. The lowest BCUT2D eigenvalue weighted by atomic mass is 9.75. The number of nitrogens with zero attached hydrogens (tertiary/aromatic N) is 3. The van der Waals surface area contributed by atoms with E-state index in [1.807, 2.05) is 51.3 Å².